The molecule has 6 heteroatoms. The molecular weight excluding hydrogens is 422 g/mol. The van der Waals surface area contributed by atoms with E-state index >= 15 is 0 Å². The molecule has 5 nitrogen and oxygen atoms in total. The third-order valence-electron chi connectivity index (χ3n) is 9.09. The smallest absolute Gasteiger partial charge is 0.185 e. The van der Waals surface area contributed by atoms with Crippen molar-refractivity contribution in [1.82, 2.24) is 0 Å². The van der Waals surface area contributed by atoms with Crippen molar-refractivity contribution in [3.05, 3.63) is 53.6 Å². The molecule has 1 aromatic rings. The first-order chi connectivity index (χ1) is 15.1. The predicted molar refractivity (Wildman–Crippen MR) is 123 cm³/mol. The van der Waals surface area contributed by atoms with Crippen molar-refractivity contribution < 1.29 is 18.0 Å². The SMILES string of the molecule is Cc1ccc(S(=O)(=O)C2C[C@H]3[C@@H]4CCC(=O)[C@@]4(CN)CC[C@@H]3[C@@]3(C)C=CC(=O)C=C23)cc1. The lowest BCUT2D eigenvalue weighted by atomic mass is 9.48. The van der Waals surface area contributed by atoms with E-state index in [1.165, 1.54) is 0 Å². The summed E-state index contributed by atoms with van der Waals surface area (Å²) in [4.78, 5) is 25.6. The summed E-state index contributed by atoms with van der Waals surface area (Å²) in [6.07, 6.45) is 8.44. The van der Waals surface area contributed by atoms with Crippen LogP contribution in [-0.4, -0.2) is 31.8 Å². The van der Waals surface area contributed by atoms with Crippen LogP contribution >= 0.6 is 0 Å². The van der Waals surface area contributed by atoms with Gasteiger partial charge in [-0.25, -0.2) is 8.42 Å². The molecule has 0 bridgehead atoms. The number of hydrogen-bond donors (Lipinski definition) is 1. The van der Waals surface area contributed by atoms with E-state index in [0.29, 0.717) is 24.3 Å². The van der Waals surface area contributed by atoms with E-state index in [4.69, 9.17) is 5.73 Å². The molecule has 1 aromatic carbocycles. The summed E-state index contributed by atoms with van der Waals surface area (Å²) >= 11 is 0. The number of carbonyl (C=O) groups excluding carboxylic acids is 2. The normalized spacial score (nSPS) is 38.7. The van der Waals surface area contributed by atoms with Crippen LogP contribution in [0.3, 0.4) is 0 Å². The number of benzene rings is 1. The van der Waals surface area contributed by atoms with E-state index < -0.39 is 25.9 Å². The highest BCUT2D eigenvalue weighted by Gasteiger charge is 2.62. The Hall–Kier alpha value is -2.05. The van der Waals surface area contributed by atoms with Crippen molar-refractivity contribution in [2.45, 2.75) is 56.1 Å². The van der Waals surface area contributed by atoms with Crippen LogP contribution in [-0.2, 0) is 19.4 Å². The molecule has 0 heterocycles. The van der Waals surface area contributed by atoms with Gasteiger partial charge in [0.2, 0.25) is 0 Å². The number of ketones is 2. The first kappa shape index (κ1) is 21.8. The molecule has 5 rings (SSSR count). The number of Topliss-reactive ketones (excluding diaryl/α,β-unsaturated/α-hetero) is 1. The van der Waals surface area contributed by atoms with E-state index in [9.17, 15) is 18.0 Å². The lowest BCUT2D eigenvalue weighted by Crippen LogP contribution is -2.56. The van der Waals surface area contributed by atoms with Crippen LogP contribution in [0.5, 0.6) is 0 Å². The van der Waals surface area contributed by atoms with E-state index in [0.717, 1.165) is 30.4 Å². The Bertz CT molecular complexity index is 1150. The van der Waals surface area contributed by atoms with Gasteiger partial charge in [0.15, 0.2) is 15.6 Å². The van der Waals surface area contributed by atoms with E-state index in [-0.39, 0.29) is 29.3 Å². The highest BCUT2D eigenvalue weighted by molar-refractivity contribution is 7.92. The second kappa shape index (κ2) is 7.22. The molecule has 0 spiro atoms. The van der Waals surface area contributed by atoms with Crippen LogP contribution in [0.25, 0.3) is 0 Å². The van der Waals surface area contributed by atoms with Gasteiger partial charge in [-0.1, -0.05) is 30.7 Å². The quantitative estimate of drug-likeness (QED) is 0.755. The molecule has 3 fully saturated rings. The fraction of sp³-hybridized carbons (Fsp3) is 0.538. The molecule has 1 unspecified atom stereocenters. The predicted octanol–water partition coefficient (Wildman–Crippen LogP) is 3.56. The maximum atomic E-state index is 13.9. The number of rotatable bonds is 3. The summed E-state index contributed by atoms with van der Waals surface area (Å²) in [7, 11) is -3.70. The second-order valence-corrected chi connectivity index (χ2v) is 12.6. The monoisotopic (exact) mass is 453 g/mol. The molecule has 170 valence electrons. The second-order valence-electron chi connectivity index (χ2n) is 10.4. The summed E-state index contributed by atoms with van der Waals surface area (Å²) in [5.74, 6) is 0.506. The largest absolute Gasteiger partial charge is 0.329 e. The fourth-order valence-electron chi connectivity index (χ4n) is 7.36. The van der Waals surface area contributed by atoms with Gasteiger partial charge >= 0.3 is 0 Å². The molecule has 0 amide bonds. The number of aryl methyl sites for hydroxylation is 1. The van der Waals surface area contributed by atoms with Gasteiger partial charge in [0.25, 0.3) is 0 Å². The highest BCUT2D eigenvalue weighted by atomic mass is 32.2. The lowest BCUT2D eigenvalue weighted by molar-refractivity contribution is -0.132. The van der Waals surface area contributed by atoms with Gasteiger partial charge in [-0.05, 0) is 80.2 Å². The van der Waals surface area contributed by atoms with Crippen molar-refractivity contribution in [3.8, 4) is 0 Å². The van der Waals surface area contributed by atoms with Gasteiger partial charge in [-0.2, -0.15) is 0 Å². The molecule has 0 aromatic heterocycles. The van der Waals surface area contributed by atoms with Gasteiger partial charge in [0.1, 0.15) is 5.78 Å². The molecule has 32 heavy (non-hydrogen) atoms. The van der Waals surface area contributed by atoms with Crippen LogP contribution in [0.1, 0.15) is 44.6 Å². The van der Waals surface area contributed by atoms with Crippen LogP contribution < -0.4 is 5.73 Å². The zero-order chi connectivity index (χ0) is 22.9. The highest BCUT2D eigenvalue weighted by Crippen LogP contribution is 2.64. The Balaban J connectivity index is 1.64. The third kappa shape index (κ3) is 2.88. The van der Waals surface area contributed by atoms with Gasteiger partial charge < -0.3 is 5.73 Å². The van der Waals surface area contributed by atoms with Crippen LogP contribution in [0, 0.1) is 35.5 Å². The van der Waals surface area contributed by atoms with Crippen LogP contribution in [0.15, 0.2) is 53.0 Å². The van der Waals surface area contributed by atoms with Crippen molar-refractivity contribution in [1.29, 1.82) is 0 Å². The van der Waals surface area contributed by atoms with Crippen molar-refractivity contribution >= 4 is 21.4 Å². The number of sulfone groups is 1. The Morgan fingerprint density at radius 3 is 2.50 bits per heavy atom. The first-order valence-corrected chi connectivity index (χ1v) is 13.2. The number of hydrogen-bond acceptors (Lipinski definition) is 5. The molecule has 2 N–H and O–H groups in total. The molecule has 6 atom stereocenters. The minimum atomic E-state index is -3.70. The minimum absolute atomic E-state index is 0.0870. The summed E-state index contributed by atoms with van der Waals surface area (Å²) in [5.41, 5.74) is 6.89. The number of nitrogens with two attached hydrogens (primary N) is 1. The number of allylic oxidation sites excluding steroid dienone is 3. The van der Waals surface area contributed by atoms with Gasteiger partial charge in [-0.3, -0.25) is 9.59 Å². The van der Waals surface area contributed by atoms with Crippen molar-refractivity contribution in [3.63, 3.8) is 0 Å². The minimum Gasteiger partial charge on any atom is -0.329 e. The maximum Gasteiger partial charge on any atom is 0.185 e. The summed E-state index contributed by atoms with van der Waals surface area (Å²) in [5, 5.41) is -0.769. The fourth-order valence-corrected chi connectivity index (χ4v) is 9.34. The Kier molecular flexibility index (Phi) is 4.92. The van der Waals surface area contributed by atoms with Crippen LogP contribution in [0.4, 0.5) is 0 Å². The molecule has 0 radical (unpaired) electrons. The molecule has 0 saturated heterocycles. The molecule has 3 saturated carbocycles. The summed E-state index contributed by atoms with van der Waals surface area (Å²) in [6, 6.07) is 6.96. The lowest BCUT2D eigenvalue weighted by Gasteiger charge is -2.57. The van der Waals surface area contributed by atoms with Crippen molar-refractivity contribution in [2.24, 2.45) is 34.3 Å². The molecule has 4 aliphatic rings. The van der Waals surface area contributed by atoms with E-state index in [1.807, 2.05) is 25.1 Å². The Morgan fingerprint density at radius 1 is 1.09 bits per heavy atom. The Labute approximate surface area is 190 Å². The van der Waals surface area contributed by atoms with Crippen LogP contribution in [0.2, 0.25) is 0 Å². The standard InChI is InChI=1S/C26H31NO4S/c1-16-3-5-18(6-4-16)32(30,31)23-14-19-20(25(2)11-9-17(28)13-22(23)25)10-12-26(15-27)21(19)7-8-24(26)29/h3-6,9,11,13,19-21,23H,7-8,10,12,14-15,27H2,1-2H3/t19-,20+,21+,23?,25-,26-/m1/s1. The molecular formula is C26H31NO4S. The molecule has 4 aliphatic carbocycles. The number of fused-ring (bicyclic) bond motifs is 5. The van der Waals surface area contributed by atoms with Gasteiger partial charge in [0.05, 0.1) is 10.1 Å². The van der Waals surface area contributed by atoms with Gasteiger partial charge in [0, 0.05) is 23.8 Å². The Morgan fingerprint density at radius 2 is 1.81 bits per heavy atom. The van der Waals surface area contributed by atoms with E-state index in [1.54, 1.807) is 24.3 Å². The third-order valence-corrected chi connectivity index (χ3v) is 11.2. The molecule has 0 aliphatic heterocycles. The average molecular weight is 454 g/mol. The van der Waals surface area contributed by atoms with Gasteiger partial charge in [-0.15, -0.1) is 0 Å². The first-order valence-electron chi connectivity index (χ1n) is 11.6. The maximum absolute atomic E-state index is 13.9. The van der Waals surface area contributed by atoms with Crippen molar-refractivity contribution in [2.75, 3.05) is 6.54 Å². The zero-order valence-corrected chi connectivity index (χ0v) is 19.5. The summed E-state index contributed by atoms with van der Waals surface area (Å²) in [6.45, 7) is 4.35. The zero-order valence-electron chi connectivity index (χ0n) is 18.7. The average Bonchev–Trinajstić information content (AvgIpc) is 3.11. The topological polar surface area (TPSA) is 94.3 Å². The number of carbonyl (C=O) groups is 2. The summed E-state index contributed by atoms with van der Waals surface area (Å²) < 4.78 is 27.8. The van der Waals surface area contributed by atoms with E-state index in [2.05, 4.69) is 6.92 Å².